The average molecular weight is 323 g/mol. The lowest BCUT2D eigenvalue weighted by molar-refractivity contribution is 0.0375. The smallest absolute Gasteiger partial charge is 0.320 e. The SMILES string of the molecule is CCCCn1nc(C)cc1NC(=O)NCCCN1CCOCC1. The van der Waals surface area contributed by atoms with E-state index in [0.717, 1.165) is 70.2 Å². The second kappa shape index (κ2) is 9.52. The maximum atomic E-state index is 12.0. The van der Waals surface area contributed by atoms with Gasteiger partial charge in [0.2, 0.25) is 0 Å². The number of ether oxygens (including phenoxy) is 1. The van der Waals surface area contributed by atoms with Crippen molar-refractivity contribution in [1.82, 2.24) is 20.0 Å². The van der Waals surface area contributed by atoms with Gasteiger partial charge in [0.05, 0.1) is 18.9 Å². The van der Waals surface area contributed by atoms with E-state index in [0.29, 0.717) is 6.54 Å². The van der Waals surface area contributed by atoms with Gasteiger partial charge in [0.25, 0.3) is 0 Å². The second-order valence-electron chi connectivity index (χ2n) is 5.94. The number of rotatable bonds is 8. The number of carbonyl (C=O) groups excluding carboxylic acids is 1. The first-order chi connectivity index (χ1) is 11.2. The Balaban J connectivity index is 1.67. The van der Waals surface area contributed by atoms with Crippen molar-refractivity contribution in [3.63, 3.8) is 0 Å². The Labute approximate surface area is 138 Å². The van der Waals surface area contributed by atoms with E-state index in [2.05, 4.69) is 27.6 Å². The second-order valence-corrected chi connectivity index (χ2v) is 5.94. The number of hydrogen-bond donors (Lipinski definition) is 2. The largest absolute Gasteiger partial charge is 0.379 e. The first kappa shape index (κ1) is 17.7. The molecule has 7 nitrogen and oxygen atoms in total. The van der Waals surface area contributed by atoms with Gasteiger partial charge in [-0.2, -0.15) is 5.10 Å². The molecule has 1 aromatic rings. The van der Waals surface area contributed by atoms with E-state index in [9.17, 15) is 4.79 Å². The summed E-state index contributed by atoms with van der Waals surface area (Å²) < 4.78 is 7.19. The molecule has 0 atom stereocenters. The highest BCUT2D eigenvalue weighted by Crippen LogP contribution is 2.11. The standard InChI is InChI=1S/C16H29N5O2/c1-3-4-8-21-15(13-14(2)19-21)18-16(22)17-6-5-7-20-9-11-23-12-10-20/h13H,3-12H2,1-2H3,(H2,17,18,22). The minimum Gasteiger partial charge on any atom is -0.379 e. The van der Waals surface area contributed by atoms with E-state index in [4.69, 9.17) is 4.74 Å². The normalized spacial score (nSPS) is 15.6. The van der Waals surface area contributed by atoms with Crippen LogP contribution in [-0.2, 0) is 11.3 Å². The lowest BCUT2D eigenvalue weighted by atomic mass is 10.3. The first-order valence-corrected chi connectivity index (χ1v) is 8.58. The molecule has 0 aromatic carbocycles. The molecular formula is C16H29N5O2. The van der Waals surface area contributed by atoms with Gasteiger partial charge in [-0.25, -0.2) is 9.48 Å². The summed E-state index contributed by atoms with van der Waals surface area (Å²) in [5.74, 6) is 0.765. The van der Waals surface area contributed by atoms with Crippen molar-refractivity contribution < 1.29 is 9.53 Å². The Kier molecular flexibility index (Phi) is 7.35. The molecule has 2 heterocycles. The molecule has 0 spiro atoms. The van der Waals surface area contributed by atoms with Gasteiger partial charge in [0.15, 0.2) is 0 Å². The monoisotopic (exact) mass is 323 g/mol. The van der Waals surface area contributed by atoms with E-state index >= 15 is 0 Å². The van der Waals surface area contributed by atoms with Crippen LogP contribution in [0.3, 0.4) is 0 Å². The summed E-state index contributed by atoms with van der Waals surface area (Å²) in [7, 11) is 0. The maximum absolute atomic E-state index is 12.0. The van der Waals surface area contributed by atoms with Gasteiger partial charge in [-0.05, 0) is 26.3 Å². The highest BCUT2D eigenvalue weighted by molar-refractivity contribution is 5.88. The fourth-order valence-corrected chi connectivity index (χ4v) is 2.61. The van der Waals surface area contributed by atoms with Crippen molar-refractivity contribution in [3.8, 4) is 0 Å². The zero-order chi connectivity index (χ0) is 16.5. The Hall–Kier alpha value is -1.60. The zero-order valence-electron chi connectivity index (χ0n) is 14.3. The number of nitrogens with zero attached hydrogens (tertiary/aromatic N) is 3. The Morgan fingerprint density at radius 1 is 1.30 bits per heavy atom. The summed E-state index contributed by atoms with van der Waals surface area (Å²) in [5, 5.41) is 10.2. The summed E-state index contributed by atoms with van der Waals surface area (Å²) in [6, 6.07) is 1.74. The molecule has 0 unspecified atom stereocenters. The highest BCUT2D eigenvalue weighted by Gasteiger charge is 2.11. The first-order valence-electron chi connectivity index (χ1n) is 8.58. The van der Waals surface area contributed by atoms with Gasteiger partial charge in [-0.15, -0.1) is 0 Å². The van der Waals surface area contributed by atoms with Crippen LogP contribution in [0.25, 0.3) is 0 Å². The summed E-state index contributed by atoms with van der Waals surface area (Å²) >= 11 is 0. The molecule has 0 saturated carbocycles. The van der Waals surface area contributed by atoms with Gasteiger partial charge in [-0.1, -0.05) is 13.3 Å². The quantitative estimate of drug-likeness (QED) is 0.716. The summed E-state index contributed by atoms with van der Waals surface area (Å²) in [4.78, 5) is 14.4. The molecular weight excluding hydrogens is 294 g/mol. The third-order valence-corrected chi connectivity index (χ3v) is 3.91. The van der Waals surface area contributed by atoms with Crippen LogP contribution in [0.5, 0.6) is 0 Å². The van der Waals surface area contributed by atoms with Crippen LogP contribution in [0.4, 0.5) is 10.6 Å². The van der Waals surface area contributed by atoms with Crippen molar-refractivity contribution in [2.45, 2.75) is 39.7 Å². The minimum absolute atomic E-state index is 0.162. The molecule has 0 aliphatic carbocycles. The number of aromatic nitrogens is 2. The van der Waals surface area contributed by atoms with Crippen molar-refractivity contribution in [2.24, 2.45) is 0 Å². The molecule has 1 aliphatic rings. The minimum atomic E-state index is -0.162. The summed E-state index contributed by atoms with van der Waals surface area (Å²) in [6.07, 6.45) is 3.10. The molecule has 130 valence electrons. The molecule has 1 aliphatic heterocycles. The number of nitrogens with one attached hydrogen (secondary N) is 2. The molecule has 0 radical (unpaired) electrons. The summed E-state index contributed by atoms with van der Waals surface area (Å²) in [6.45, 7) is 10.2. The number of amides is 2. The highest BCUT2D eigenvalue weighted by atomic mass is 16.5. The van der Waals surface area contributed by atoms with Crippen LogP contribution in [-0.4, -0.2) is 60.1 Å². The van der Waals surface area contributed by atoms with Crippen LogP contribution in [0.2, 0.25) is 0 Å². The van der Waals surface area contributed by atoms with E-state index in [1.807, 2.05) is 17.7 Å². The molecule has 7 heteroatoms. The fraction of sp³-hybridized carbons (Fsp3) is 0.750. The van der Waals surface area contributed by atoms with Gasteiger partial charge < -0.3 is 10.1 Å². The Morgan fingerprint density at radius 2 is 2.09 bits per heavy atom. The van der Waals surface area contributed by atoms with Crippen LogP contribution >= 0.6 is 0 Å². The molecule has 23 heavy (non-hydrogen) atoms. The van der Waals surface area contributed by atoms with Gasteiger partial charge >= 0.3 is 6.03 Å². The molecule has 2 rings (SSSR count). The van der Waals surface area contributed by atoms with Crippen LogP contribution in [0.15, 0.2) is 6.07 Å². The van der Waals surface area contributed by atoms with E-state index in [1.165, 1.54) is 0 Å². The molecule has 2 amide bonds. The Bertz CT molecular complexity index is 483. The molecule has 0 bridgehead atoms. The van der Waals surface area contributed by atoms with Crippen molar-refractivity contribution in [2.75, 3.05) is 44.7 Å². The maximum Gasteiger partial charge on any atom is 0.320 e. The zero-order valence-corrected chi connectivity index (χ0v) is 14.3. The Morgan fingerprint density at radius 3 is 2.83 bits per heavy atom. The summed E-state index contributed by atoms with van der Waals surface area (Å²) in [5.41, 5.74) is 0.920. The predicted octanol–water partition coefficient (Wildman–Crippen LogP) is 1.84. The third kappa shape index (κ3) is 6.19. The molecule has 2 N–H and O–H groups in total. The number of urea groups is 1. The van der Waals surface area contributed by atoms with Gasteiger partial charge in [0, 0.05) is 32.2 Å². The number of anilines is 1. The van der Waals surface area contributed by atoms with E-state index < -0.39 is 0 Å². The van der Waals surface area contributed by atoms with Crippen molar-refractivity contribution in [3.05, 3.63) is 11.8 Å². The van der Waals surface area contributed by atoms with Crippen LogP contribution < -0.4 is 10.6 Å². The number of morpholine rings is 1. The third-order valence-electron chi connectivity index (χ3n) is 3.91. The number of unbranched alkanes of at least 4 members (excludes halogenated alkanes) is 1. The van der Waals surface area contributed by atoms with Crippen LogP contribution in [0, 0.1) is 6.92 Å². The lowest BCUT2D eigenvalue weighted by Gasteiger charge is -2.26. The number of hydrogen-bond acceptors (Lipinski definition) is 4. The van der Waals surface area contributed by atoms with E-state index in [1.54, 1.807) is 0 Å². The lowest BCUT2D eigenvalue weighted by Crippen LogP contribution is -2.38. The average Bonchev–Trinajstić information content (AvgIpc) is 2.90. The molecule has 1 fully saturated rings. The van der Waals surface area contributed by atoms with E-state index in [-0.39, 0.29) is 6.03 Å². The van der Waals surface area contributed by atoms with Gasteiger partial charge in [-0.3, -0.25) is 10.2 Å². The van der Waals surface area contributed by atoms with Crippen molar-refractivity contribution in [1.29, 1.82) is 0 Å². The predicted molar refractivity (Wildman–Crippen MR) is 90.8 cm³/mol. The van der Waals surface area contributed by atoms with Crippen molar-refractivity contribution >= 4 is 11.8 Å². The van der Waals surface area contributed by atoms with Gasteiger partial charge in [0.1, 0.15) is 5.82 Å². The number of carbonyl (C=O) groups is 1. The number of aryl methyl sites for hydroxylation is 2. The topological polar surface area (TPSA) is 71.4 Å². The fourth-order valence-electron chi connectivity index (χ4n) is 2.61. The molecule has 1 aromatic heterocycles. The molecule has 1 saturated heterocycles. The van der Waals surface area contributed by atoms with Crippen LogP contribution in [0.1, 0.15) is 31.9 Å².